The van der Waals surface area contributed by atoms with E-state index >= 15 is 0 Å². The van der Waals surface area contributed by atoms with Crippen LogP contribution >= 0.6 is 15.9 Å². The number of nitrogens with zero attached hydrogens (tertiary/aromatic N) is 3. The van der Waals surface area contributed by atoms with Crippen LogP contribution in [0.2, 0.25) is 0 Å². The van der Waals surface area contributed by atoms with Crippen LogP contribution in [-0.2, 0) is 9.59 Å². The van der Waals surface area contributed by atoms with Crippen LogP contribution in [0.15, 0.2) is 46.4 Å². The number of rotatable bonds is 3. The van der Waals surface area contributed by atoms with E-state index in [9.17, 15) is 14.4 Å². The van der Waals surface area contributed by atoms with Gasteiger partial charge in [-0.2, -0.15) is 5.10 Å². The molecule has 1 aliphatic heterocycles. The van der Waals surface area contributed by atoms with Gasteiger partial charge < -0.3 is 0 Å². The number of urea groups is 1. The summed E-state index contributed by atoms with van der Waals surface area (Å²) in [4.78, 5) is 39.7. The molecule has 0 radical (unpaired) electrons. The van der Waals surface area contributed by atoms with Crippen molar-refractivity contribution in [3.8, 4) is 5.69 Å². The molecule has 1 aliphatic rings. The Morgan fingerprint density at radius 3 is 2.24 bits per heavy atom. The number of barbiturate groups is 1. The highest BCUT2D eigenvalue weighted by Gasteiger charge is 2.38. The van der Waals surface area contributed by atoms with E-state index in [0.29, 0.717) is 16.9 Å². The van der Waals surface area contributed by atoms with Crippen molar-refractivity contribution in [1.82, 2.24) is 15.1 Å². The number of anilines is 1. The van der Waals surface area contributed by atoms with Crippen LogP contribution < -0.4 is 10.2 Å². The lowest BCUT2D eigenvalue weighted by atomic mass is 10.0. The smallest absolute Gasteiger partial charge is 0.273 e. The van der Waals surface area contributed by atoms with Crippen LogP contribution in [0.3, 0.4) is 0 Å². The minimum atomic E-state index is -0.768. The molecule has 0 bridgehead atoms. The van der Waals surface area contributed by atoms with Gasteiger partial charge in [0.1, 0.15) is 5.57 Å². The second-order valence-electron chi connectivity index (χ2n) is 8.11. The van der Waals surface area contributed by atoms with Crippen molar-refractivity contribution in [2.45, 2.75) is 34.6 Å². The van der Waals surface area contributed by atoms with Crippen molar-refractivity contribution in [2.75, 3.05) is 4.90 Å². The van der Waals surface area contributed by atoms with Gasteiger partial charge >= 0.3 is 6.03 Å². The van der Waals surface area contributed by atoms with Crippen molar-refractivity contribution < 1.29 is 14.4 Å². The summed E-state index contributed by atoms with van der Waals surface area (Å²) in [6.45, 7) is 9.43. The molecule has 1 fully saturated rings. The van der Waals surface area contributed by atoms with Crippen LogP contribution in [0.5, 0.6) is 0 Å². The molecule has 4 amide bonds. The number of carbonyl (C=O) groups is 3. The fourth-order valence-corrected chi connectivity index (χ4v) is 4.27. The number of benzene rings is 2. The molecule has 2 heterocycles. The molecule has 8 heteroatoms. The fraction of sp³-hybridized carbons (Fsp3) is 0.200. The molecule has 0 spiro atoms. The third-order valence-corrected chi connectivity index (χ3v) is 6.81. The monoisotopic (exact) mass is 506 g/mol. The Hall–Kier alpha value is -3.52. The first-order chi connectivity index (χ1) is 15.6. The zero-order valence-corrected chi connectivity index (χ0v) is 20.6. The van der Waals surface area contributed by atoms with Gasteiger partial charge in [0, 0.05) is 15.7 Å². The van der Waals surface area contributed by atoms with Gasteiger partial charge in [0.05, 0.1) is 17.1 Å². The summed E-state index contributed by atoms with van der Waals surface area (Å²) in [7, 11) is 0. The van der Waals surface area contributed by atoms with Crippen LogP contribution in [-0.4, -0.2) is 27.6 Å². The average Bonchev–Trinajstić information content (AvgIpc) is 3.05. The maximum absolute atomic E-state index is 13.4. The molecule has 0 saturated carbocycles. The number of nitrogens with one attached hydrogen (secondary N) is 1. The van der Waals surface area contributed by atoms with Crippen molar-refractivity contribution in [1.29, 1.82) is 0 Å². The zero-order valence-electron chi connectivity index (χ0n) is 19.0. The Morgan fingerprint density at radius 2 is 1.58 bits per heavy atom. The summed E-state index contributed by atoms with van der Waals surface area (Å²) in [6.07, 6.45) is 1.51. The number of imide groups is 2. The molecule has 1 N–H and O–H groups in total. The van der Waals surface area contributed by atoms with Gasteiger partial charge in [-0.25, -0.2) is 14.4 Å². The first-order valence-electron chi connectivity index (χ1n) is 10.4. The largest absolute Gasteiger partial charge is 0.335 e. The second kappa shape index (κ2) is 8.44. The van der Waals surface area contributed by atoms with Crippen LogP contribution in [0.25, 0.3) is 11.8 Å². The molecular weight excluding hydrogens is 484 g/mol. The quantitative estimate of drug-likeness (QED) is 0.406. The van der Waals surface area contributed by atoms with Crippen molar-refractivity contribution >= 4 is 45.5 Å². The van der Waals surface area contributed by atoms with Crippen LogP contribution in [0.4, 0.5) is 10.5 Å². The lowest BCUT2D eigenvalue weighted by Gasteiger charge is -2.28. The molecule has 4 rings (SSSR count). The molecule has 2 aromatic carbocycles. The maximum Gasteiger partial charge on any atom is 0.335 e. The number of halogens is 1. The Bertz CT molecular complexity index is 1350. The van der Waals surface area contributed by atoms with E-state index in [4.69, 9.17) is 0 Å². The average molecular weight is 507 g/mol. The molecular formula is C25H23BrN4O3. The number of carbonyl (C=O) groups excluding carboxylic acids is 3. The molecule has 33 heavy (non-hydrogen) atoms. The molecule has 0 atom stereocenters. The highest BCUT2D eigenvalue weighted by Crippen LogP contribution is 2.31. The summed E-state index contributed by atoms with van der Waals surface area (Å²) in [5.74, 6) is -1.40. The number of aromatic nitrogens is 2. The van der Waals surface area contributed by atoms with E-state index in [1.54, 1.807) is 16.8 Å². The third-order valence-electron chi connectivity index (χ3n) is 5.95. The molecule has 1 saturated heterocycles. The predicted molar refractivity (Wildman–Crippen MR) is 130 cm³/mol. The zero-order chi connectivity index (χ0) is 24.0. The van der Waals surface area contributed by atoms with Gasteiger partial charge in [0.25, 0.3) is 11.8 Å². The van der Waals surface area contributed by atoms with Gasteiger partial charge in [-0.05, 0) is 76.1 Å². The molecule has 7 nitrogen and oxygen atoms in total. The van der Waals surface area contributed by atoms with Gasteiger partial charge in [0.15, 0.2) is 0 Å². The number of hydrogen-bond donors (Lipinski definition) is 1. The van der Waals surface area contributed by atoms with E-state index in [1.807, 2.05) is 58.9 Å². The number of amides is 4. The van der Waals surface area contributed by atoms with Gasteiger partial charge in [-0.15, -0.1) is 0 Å². The third kappa shape index (κ3) is 3.91. The topological polar surface area (TPSA) is 84.3 Å². The highest BCUT2D eigenvalue weighted by molar-refractivity contribution is 9.10. The van der Waals surface area contributed by atoms with E-state index in [-0.39, 0.29) is 5.57 Å². The molecule has 3 aromatic rings. The second-order valence-corrected chi connectivity index (χ2v) is 8.96. The molecule has 1 aromatic heterocycles. The van der Waals surface area contributed by atoms with Crippen LogP contribution in [0, 0.1) is 34.6 Å². The normalized spacial score (nSPS) is 15.4. The minimum Gasteiger partial charge on any atom is -0.273 e. The lowest BCUT2D eigenvalue weighted by Crippen LogP contribution is -2.54. The Balaban J connectivity index is 1.79. The lowest BCUT2D eigenvalue weighted by molar-refractivity contribution is -0.122. The minimum absolute atomic E-state index is 0.121. The first kappa shape index (κ1) is 22.7. The van der Waals surface area contributed by atoms with Gasteiger partial charge in [-0.3, -0.25) is 14.9 Å². The van der Waals surface area contributed by atoms with Crippen molar-refractivity contribution in [3.05, 3.63) is 80.1 Å². The standard InChI is InChI=1S/C25H23BrN4O3/c1-13-6-8-18(9-7-13)30-17(5)19(16(4)28-30)12-20-23(31)27-25(33)29(24(20)32)22-11-10-21(26)14(2)15(22)3/h6-12H,1-5H3,(H,27,31,33)/b20-12+. The summed E-state index contributed by atoms with van der Waals surface area (Å²) in [5.41, 5.74) is 6.10. The fourth-order valence-electron chi connectivity index (χ4n) is 3.84. The molecule has 0 unspecified atom stereocenters. The Morgan fingerprint density at radius 1 is 0.909 bits per heavy atom. The molecule has 168 valence electrons. The first-order valence-corrected chi connectivity index (χ1v) is 11.2. The number of aryl methyl sites for hydroxylation is 2. The van der Waals surface area contributed by atoms with E-state index in [1.165, 1.54) is 6.08 Å². The van der Waals surface area contributed by atoms with Crippen molar-refractivity contribution in [3.63, 3.8) is 0 Å². The van der Waals surface area contributed by atoms with E-state index in [2.05, 4.69) is 26.3 Å². The van der Waals surface area contributed by atoms with E-state index in [0.717, 1.165) is 37.4 Å². The van der Waals surface area contributed by atoms with Crippen LogP contribution in [0.1, 0.15) is 33.6 Å². The summed E-state index contributed by atoms with van der Waals surface area (Å²) in [5, 5.41) is 6.89. The SMILES string of the molecule is Cc1ccc(-n2nc(C)c(/C=C3\C(=O)NC(=O)N(c4ccc(Br)c(C)c4C)C3=O)c2C)cc1. The summed E-state index contributed by atoms with van der Waals surface area (Å²) >= 11 is 3.46. The van der Waals surface area contributed by atoms with E-state index < -0.39 is 17.8 Å². The predicted octanol–water partition coefficient (Wildman–Crippen LogP) is 4.84. The number of hydrogen-bond acceptors (Lipinski definition) is 4. The summed E-state index contributed by atoms with van der Waals surface area (Å²) in [6, 6.07) is 10.6. The summed E-state index contributed by atoms with van der Waals surface area (Å²) < 4.78 is 2.65. The van der Waals surface area contributed by atoms with Crippen molar-refractivity contribution in [2.24, 2.45) is 0 Å². The van der Waals surface area contributed by atoms with Gasteiger partial charge in [0.2, 0.25) is 0 Å². The Labute approximate surface area is 200 Å². The maximum atomic E-state index is 13.4. The molecule has 0 aliphatic carbocycles. The van der Waals surface area contributed by atoms with Gasteiger partial charge in [-0.1, -0.05) is 33.6 Å². The Kier molecular flexibility index (Phi) is 5.80. The highest BCUT2D eigenvalue weighted by atomic mass is 79.9.